The lowest BCUT2D eigenvalue weighted by Crippen LogP contribution is -2.35. The van der Waals surface area contributed by atoms with Gasteiger partial charge < -0.3 is 15.7 Å². The van der Waals surface area contributed by atoms with Gasteiger partial charge in [-0.05, 0) is 42.4 Å². The van der Waals surface area contributed by atoms with Crippen molar-refractivity contribution in [3.8, 4) is 0 Å². The average molecular weight is 294 g/mol. The predicted octanol–water partition coefficient (Wildman–Crippen LogP) is 2.13. The van der Waals surface area contributed by atoms with Gasteiger partial charge in [0.05, 0.1) is 18.0 Å². The molecule has 0 bridgehead atoms. The van der Waals surface area contributed by atoms with E-state index in [1.54, 1.807) is 11.0 Å². The minimum atomic E-state index is -0.0550. The molecule has 5 heteroatoms. The molecule has 0 atom stereocenters. The Morgan fingerprint density at radius 3 is 2.70 bits per heavy atom. The van der Waals surface area contributed by atoms with Crippen LogP contribution in [0.1, 0.15) is 19.3 Å². The molecule has 3 N–H and O–H groups in total. The third-order valence-corrected chi connectivity index (χ3v) is 4.71. The smallest absolute Gasteiger partial charge is 0.227 e. The van der Waals surface area contributed by atoms with Gasteiger partial charge in [-0.2, -0.15) is 11.8 Å². The molecule has 2 rings (SSSR count). The fraction of sp³-hybridized carbons (Fsp3) is 0.533. The minimum absolute atomic E-state index is 0.0550. The molecule has 1 aliphatic rings. The number of hydrogen-bond donors (Lipinski definition) is 2. The molecule has 110 valence electrons. The van der Waals surface area contributed by atoms with E-state index in [9.17, 15) is 9.90 Å². The zero-order chi connectivity index (χ0) is 14.4. The summed E-state index contributed by atoms with van der Waals surface area (Å²) in [7, 11) is 0. The lowest BCUT2D eigenvalue weighted by atomic mass is 9.98. The SMILES string of the molecule is Nc1ccccc1N(CCO)C(=O)CC1CCSCC1. The first kappa shape index (κ1) is 15.2. The number of aliphatic hydroxyl groups is 1. The zero-order valence-corrected chi connectivity index (χ0v) is 12.4. The fourth-order valence-corrected chi connectivity index (χ4v) is 3.72. The maximum atomic E-state index is 12.5. The number of rotatable bonds is 5. The highest BCUT2D eigenvalue weighted by atomic mass is 32.2. The van der Waals surface area contributed by atoms with Crippen LogP contribution in [0.4, 0.5) is 11.4 Å². The number of nitrogen functional groups attached to an aromatic ring is 1. The third-order valence-electron chi connectivity index (χ3n) is 3.66. The van der Waals surface area contributed by atoms with E-state index in [4.69, 9.17) is 5.73 Å². The van der Waals surface area contributed by atoms with Crippen molar-refractivity contribution in [1.29, 1.82) is 0 Å². The first-order valence-electron chi connectivity index (χ1n) is 7.06. The fourth-order valence-electron chi connectivity index (χ4n) is 2.52. The van der Waals surface area contributed by atoms with E-state index in [-0.39, 0.29) is 12.5 Å². The summed E-state index contributed by atoms with van der Waals surface area (Å²) in [5, 5.41) is 9.21. The lowest BCUT2D eigenvalue weighted by molar-refractivity contribution is -0.119. The number of nitrogens with two attached hydrogens (primary N) is 1. The van der Waals surface area contributed by atoms with Crippen LogP contribution in [0.5, 0.6) is 0 Å². The number of carbonyl (C=O) groups is 1. The monoisotopic (exact) mass is 294 g/mol. The Labute approximate surface area is 124 Å². The van der Waals surface area contributed by atoms with Gasteiger partial charge in [-0.15, -0.1) is 0 Å². The molecule has 0 aliphatic carbocycles. The summed E-state index contributed by atoms with van der Waals surface area (Å²) in [6.07, 6.45) is 2.76. The molecule has 1 amide bonds. The van der Waals surface area contributed by atoms with Crippen LogP contribution in [0.25, 0.3) is 0 Å². The van der Waals surface area contributed by atoms with Gasteiger partial charge in [0.15, 0.2) is 0 Å². The molecular weight excluding hydrogens is 272 g/mol. The summed E-state index contributed by atoms with van der Waals surface area (Å²) in [4.78, 5) is 14.1. The van der Waals surface area contributed by atoms with E-state index >= 15 is 0 Å². The molecule has 0 unspecified atom stereocenters. The van der Waals surface area contributed by atoms with Gasteiger partial charge in [0, 0.05) is 13.0 Å². The Morgan fingerprint density at radius 1 is 1.35 bits per heavy atom. The number of para-hydroxylation sites is 2. The summed E-state index contributed by atoms with van der Waals surface area (Å²) in [5.74, 6) is 2.82. The Balaban J connectivity index is 2.07. The highest BCUT2D eigenvalue weighted by molar-refractivity contribution is 7.99. The van der Waals surface area contributed by atoms with Crippen molar-refractivity contribution < 1.29 is 9.90 Å². The summed E-state index contributed by atoms with van der Waals surface area (Å²) < 4.78 is 0. The van der Waals surface area contributed by atoms with Crippen molar-refractivity contribution in [1.82, 2.24) is 0 Å². The first-order valence-corrected chi connectivity index (χ1v) is 8.21. The van der Waals surface area contributed by atoms with Crippen LogP contribution in [0, 0.1) is 5.92 Å². The van der Waals surface area contributed by atoms with Gasteiger partial charge >= 0.3 is 0 Å². The molecule has 0 radical (unpaired) electrons. The average Bonchev–Trinajstić information content (AvgIpc) is 2.47. The number of carbonyl (C=O) groups excluding carboxylic acids is 1. The Morgan fingerprint density at radius 2 is 2.05 bits per heavy atom. The van der Waals surface area contributed by atoms with Crippen molar-refractivity contribution >= 4 is 29.0 Å². The van der Waals surface area contributed by atoms with Crippen LogP contribution < -0.4 is 10.6 Å². The number of hydrogen-bond acceptors (Lipinski definition) is 4. The van der Waals surface area contributed by atoms with Crippen molar-refractivity contribution in [3.63, 3.8) is 0 Å². The first-order chi connectivity index (χ1) is 9.72. The van der Waals surface area contributed by atoms with Gasteiger partial charge in [-0.25, -0.2) is 0 Å². The quantitative estimate of drug-likeness (QED) is 0.816. The Hall–Kier alpha value is -1.20. The summed E-state index contributed by atoms with van der Waals surface area (Å²) in [5.41, 5.74) is 7.23. The molecule has 0 aromatic heterocycles. The van der Waals surface area contributed by atoms with Gasteiger partial charge in [-0.1, -0.05) is 12.1 Å². The van der Waals surface area contributed by atoms with E-state index in [0.717, 1.165) is 24.3 Å². The molecule has 1 heterocycles. The van der Waals surface area contributed by atoms with Gasteiger partial charge in [0.2, 0.25) is 5.91 Å². The van der Waals surface area contributed by atoms with Crippen molar-refractivity contribution in [2.45, 2.75) is 19.3 Å². The van der Waals surface area contributed by atoms with Crippen molar-refractivity contribution in [2.75, 3.05) is 35.3 Å². The summed E-state index contributed by atoms with van der Waals surface area (Å²) in [6, 6.07) is 7.32. The third kappa shape index (κ3) is 3.90. The molecule has 0 saturated carbocycles. The molecule has 0 spiro atoms. The molecular formula is C15H22N2O2S. The number of benzene rings is 1. The second kappa shape index (κ2) is 7.55. The van der Waals surface area contributed by atoms with Crippen LogP contribution >= 0.6 is 11.8 Å². The van der Waals surface area contributed by atoms with Crippen LogP contribution in [-0.4, -0.2) is 35.7 Å². The maximum absolute atomic E-state index is 12.5. The van der Waals surface area contributed by atoms with E-state index in [2.05, 4.69) is 0 Å². The van der Waals surface area contributed by atoms with Gasteiger partial charge in [-0.3, -0.25) is 4.79 Å². The number of anilines is 2. The van der Waals surface area contributed by atoms with Gasteiger partial charge in [0.1, 0.15) is 0 Å². The summed E-state index contributed by atoms with van der Waals surface area (Å²) in [6.45, 7) is 0.245. The largest absolute Gasteiger partial charge is 0.397 e. The Kier molecular flexibility index (Phi) is 5.73. The number of thioether (sulfide) groups is 1. The van der Waals surface area contributed by atoms with E-state index in [0.29, 0.717) is 30.3 Å². The molecule has 20 heavy (non-hydrogen) atoms. The van der Waals surface area contributed by atoms with E-state index in [1.165, 1.54) is 0 Å². The second-order valence-electron chi connectivity index (χ2n) is 5.09. The molecule has 1 aliphatic heterocycles. The lowest BCUT2D eigenvalue weighted by Gasteiger charge is -2.27. The standard InChI is InChI=1S/C15H22N2O2S/c16-13-3-1-2-4-14(13)17(7-8-18)15(19)11-12-5-9-20-10-6-12/h1-4,12,18H,5-11,16H2. The van der Waals surface area contributed by atoms with E-state index < -0.39 is 0 Å². The predicted molar refractivity (Wildman–Crippen MR) is 85.0 cm³/mol. The van der Waals surface area contributed by atoms with Crippen LogP contribution in [0.2, 0.25) is 0 Å². The molecule has 1 fully saturated rings. The minimum Gasteiger partial charge on any atom is -0.397 e. The topological polar surface area (TPSA) is 66.6 Å². The van der Waals surface area contributed by atoms with Gasteiger partial charge in [0.25, 0.3) is 0 Å². The van der Waals surface area contributed by atoms with Crippen LogP contribution in [0.15, 0.2) is 24.3 Å². The van der Waals surface area contributed by atoms with E-state index in [1.807, 2.05) is 30.0 Å². The summed E-state index contributed by atoms with van der Waals surface area (Å²) >= 11 is 1.96. The molecule has 1 aromatic rings. The normalized spacial score (nSPS) is 16.1. The van der Waals surface area contributed by atoms with Crippen LogP contribution in [0.3, 0.4) is 0 Å². The zero-order valence-electron chi connectivity index (χ0n) is 11.6. The van der Waals surface area contributed by atoms with Crippen molar-refractivity contribution in [2.24, 2.45) is 5.92 Å². The molecule has 1 saturated heterocycles. The molecule has 1 aromatic carbocycles. The number of aliphatic hydroxyl groups excluding tert-OH is 1. The second-order valence-corrected chi connectivity index (χ2v) is 6.31. The maximum Gasteiger partial charge on any atom is 0.227 e. The number of amides is 1. The number of nitrogens with zero attached hydrogens (tertiary/aromatic N) is 1. The highest BCUT2D eigenvalue weighted by Crippen LogP contribution is 2.28. The van der Waals surface area contributed by atoms with Crippen molar-refractivity contribution in [3.05, 3.63) is 24.3 Å². The highest BCUT2D eigenvalue weighted by Gasteiger charge is 2.22. The molecule has 4 nitrogen and oxygen atoms in total. The van der Waals surface area contributed by atoms with Crippen LogP contribution in [-0.2, 0) is 4.79 Å². The Bertz CT molecular complexity index is 447.